The third-order valence-electron chi connectivity index (χ3n) is 4.35. The van der Waals surface area contributed by atoms with E-state index in [0.29, 0.717) is 16.7 Å². The molecule has 0 radical (unpaired) electrons. The number of hydrogen-bond acceptors (Lipinski definition) is 5. The fraction of sp³-hybridized carbons (Fsp3) is 0.300. The van der Waals surface area contributed by atoms with E-state index in [-0.39, 0.29) is 11.7 Å². The summed E-state index contributed by atoms with van der Waals surface area (Å²) in [4.78, 5) is 12.6. The summed E-state index contributed by atoms with van der Waals surface area (Å²) in [6.07, 6.45) is 1.58. The van der Waals surface area contributed by atoms with E-state index >= 15 is 0 Å². The van der Waals surface area contributed by atoms with Crippen LogP contribution in [0.5, 0.6) is 0 Å². The standard InChI is InChI=1S/C20H22ClN5OS/c1-3-15-10-11-17(21)16(4-2)19(15)22-18(27)13-28-20-23-24-25-26(20)12-14-8-6-5-7-9-14/h5-11H,3-4,12-13H2,1-2H3,(H,22,27). The normalized spacial score (nSPS) is 10.8. The summed E-state index contributed by atoms with van der Waals surface area (Å²) in [6, 6.07) is 13.8. The second-order valence-electron chi connectivity index (χ2n) is 6.21. The Morgan fingerprint density at radius 2 is 1.93 bits per heavy atom. The maximum Gasteiger partial charge on any atom is 0.234 e. The molecule has 3 rings (SSSR count). The molecule has 1 heterocycles. The van der Waals surface area contributed by atoms with Gasteiger partial charge in [0.25, 0.3) is 0 Å². The molecule has 3 aromatic rings. The van der Waals surface area contributed by atoms with Crippen LogP contribution in [0, 0.1) is 0 Å². The smallest absolute Gasteiger partial charge is 0.234 e. The molecule has 1 amide bonds. The number of carbonyl (C=O) groups excluding carboxylic acids is 1. The molecule has 0 aliphatic rings. The number of amides is 1. The number of halogens is 1. The zero-order chi connectivity index (χ0) is 19.9. The molecule has 0 atom stereocenters. The Labute approximate surface area is 173 Å². The Morgan fingerprint density at radius 3 is 2.64 bits per heavy atom. The topological polar surface area (TPSA) is 72.7 Å². The van der Waals surface area contributed by atoms with Crippen molar-refractivity contribution in [3.8, 4) is 0 Å². The average Bonchev–Trinajstić information content (AvgIpc) is 3.14. The fourth-order valence-corrected chi connectivity index (χ4v) is 3.90. The molecule has 2 aromatic carbocycles. The number of carbonyl (C=O) groups is 1. The number of aryl methyl sites for hydroxylation is 1. The number of aromatic nitrogens is 4. The van der Waals surface area contributed by atoms with E-state index in [1.807, 2.05) is 49.4 Å². The fourth-order valence-electron chi connectivity index (χ4n) is 2.93. The number of rotatable bonds is 8. The van der Waals surface area contributed by atoms with E-state index in [2.05, 4.69) is 27.8 Å². The summed E-state index contributed by atoms with van der Waals surface area (Å²) in [5.74, 6) is 0.111. The van der Waals surface area contributed by atoms with Gasteiger partial charge < -0.3 is 5.32 Å². The molecule has 146 valence electrons. The van der Waals surface area contributed by atoms with E-state index in [4.69, 9.17) is 11.6 Å². The predicted molar refractivity (Wildman–Crippen MR) is 113 cm³/mol. The molecule has 0 spiro atoms. The molecule has 8 heteroatoms. The highest BCUT2D eigenvalue weighted by atomic mass is 35.5. The molecule has 0 aliphatic heterocycles. The van der Waals surface area contributed by atoms with E-state index in [1.165, 1.54) is 11.8 Å². The lowest BCUT2D eigenvalue weighted by molar-refractivity contribution is -0.113. The van der Waals surface area contributed by atoms with Gasteiger partial charge in [-0.2, -0.15) is 0 Å². The Kier molecular flexibility index (Phi) is 7.06. The lowest BCUT2D eigenvalue weighted by atomic mass is 10.0. The van der Waals surface area contributed by atoms with Crippen molar-refractivity contribution in [2.45, 2.75) is 38.4 Å². The number of tetrazole rings is 1. The van der Waals surface area contributed by atoms with Crippen molar-refractivity contribution in [1.82, 2.24) is 20.2 Å². The van der Waals surface area contributed by atoms with Crippen molar-refractivity contribution in [2.75, 3.05) is 11.1 Å². The Bertz CT molecular complexity index is 945. The van der Waals surface area contributed by atoms with Gasteiger partial charge in [0.15, 0.2) is 0 Å². The average molecular weight is 416 g/mol. The molecule has 28 heavy (non-hydrogen) atoms. The molecule has 0 saturated heterocycles. The third-order valence-corrected chi connectivity index (χ3v) is 5.66. The molecule has 0 aliphatic carbocycles. The second kappa shape index (κ2) is 9.71. The summed E-state index contributed by atoms with van der Waals surface area (Å²) >= 11 is 7.62. The minimum Gasteiger partial charge on any atom is -0.325 e. The van der Waals surface area contributed by atoms with Crippen LogP contribution < -0.4 is 5.32 Å². The van der Waals surface area contributed by atoms with Crippen LogP contribution in [0.3, 0.4) is 0 Å². The van der Waals surface area contributed by atoms with Crippen LogP contribution in [0.25, 0.3) is 0 Å². The maximum atomic E-state index is 12.6. The van der Waals surface area contributed by atoms with Crippen molar-refractivity contribution in [2.24, 2.45) is 0 Å². The minimum atomic E-state index is -0.106. The summed E-state index contributed by atoms with van der Waals surface area (Å²) < 4.78 is 1.70. The Hall–Kier alpha value is -2.38. The molecule has 0 fully saturated rings. The van der Waals surface area contributed by atoms with Crippen LogP contribution in [0.1, 0.15) is 30.5 Å². The van der Waals surface area contributed by atoms with Gasteiger partial charge in [-0.05, 0) is 46.0 Å². The van der Waals surface area contributed by atoms with Crippen LogP contribution in [-0.2, 0) is 24.2 Å². The van der Waals surface area contributed by atoms with E-state index in [1.54, 1.807) is 4.68 Å². The number of nitrogens with zero attached hydrogens (tertiary/aromatic N) is 4. The van der Waals surface area contributed by atoms with Gasteiger partial charge in [-0.15, -0.1) is 5.10 Å². The monoisotopic (exact) mass is 415 g/mol. The largest absolute Gasteiger partial charge is 0.325 e. The van der Waals surface area contributed by atoms with Crippen LogP contribution in [0.15, 0.2) is 47.6 Å². The van der Waals surface area contributed by atoms with Gasteiger partial charge in [0.2, 0.25) is 11.1 Å². The molecule has 0 saturated carbocycles. The molecule has 0 unspecified atom stereocenters. The van der Waals surface area contributed by atoms with Gasteiger partial charge in [-0.25, -0.2) is 4.68 Å². The first kappa shape index (κ1) is 20.4. The Balaban J connectivity index is 1.66. The lowest BCUT2D eigenvalue weighted by Crippen LogP contribution is -2.17. The first-order chi connectivity index (χ1) is 13.6. The van der Waals surface area contributed by atoms with Gasteiger partial charge in [-0.1, -0.05) is 73.6 Å². The van der Waals surface area contributed by atoms with Crippen LogP contribution in [-0.4, -0.2) is 31.9 Å². The van der Waals surface area contributed by atoms with Crippen molar-refractivity contribution in [1.29, 1.82) is 0 Å². The minimum absolute atomic E-state index is 0.106. The number of hydrogen-bond donors (Lipinski definition) is 1. The first-order valence-corrected chi connectivity index (χ1v) is 10.5. The lowest BCUT2D eigenvalue weighted by Gasteiger charge is -2.15. The highest BCUT2D eigenvalue weighted by Gasteiger charge is 2.15. The van der Waals surface area contributed by atoms with E-state index in [0.717, 1.165) is 35.2 Å². The summed E-state index contributed by atoms with van der Waals surface area (Å²) in [5, 5.41) is 16.1. The Morgan fingerprint density at radius 1 is 1.14 bits per heavy atom. The highest BCUT2D eigenvalue weighted by molar-refractivity contribution is 7.99. The molecular formula is C20H22ClN5OS. The van der Waals surface area contributed by atoms with Gasteiger partial charge in [0, 0.05) is 10.7 Å². The van der Waals surface area contributed by atoms with Crippen molar-refractivity contribution in [3.63, 3.8) is 0 Å². The zero-order valence-electron chi connectivity index (χ0n) is 15.9. The van der Waals surface area contributed by atoms with Crippen molar-refractivity contribution < 1.29 is 4.79 Å². The van der Waals surface area contributed by atoms with Crippen LogP contribution in [0.4, 0.5) is 5.69 Å². The highest BCUT2D eigenvalue weighted by Crippen LogP contribution is 2.29. The third kappa shape index (κ3) is 4.91. The SMILES string of the molecule is CCc1ccc(Cl)c(CC)c1NC(=O)CSc1nnnn1Cc1ccccc1. The molecule has 6 nitrogen and oxygen atoms in total. The van der Waals surface area contributed by atoms with Crippen LogP contribution in [0.2, 0.25) is 5.02 Å². The van der Waals surface area contributed by atoms with Crippen molar-refractivity contribution in [3.05, 3.63) is 64.2 Å². The van der Waals surface area contributed by atoms with Crippen molar-refractivity contribution >= 4 is 35.0 Å². The number of anilines is 1. The van der Waals surface area contributed by atoms with E-state index < -0.39 is 0 Å². The molecule has 1 aromatic heterocycles. The summed E-state index contributed by atoms with van der Waals surface area (Å²) in [5.41, 5.74) is 3.97. The summed E-state index contributed by atoms with van der Waals surface area (Å²) in [7, 11) is 0. The van der Waals surface area contributed by atoms with E-state index in [9.17, 15) is 4.79 Å². The van der Waals surface area contributed by atoms with Gasteiger partial charge in [-0.3, -0.25) is 4.79 Å². The van der Waals surface area contributed by atoms with Gasteiger partial charge in [0.1, 0.15) is 0 Å². The molecular weight excluding hydrogens is 394 g/mol. The second-order valence-corrected chi connectivity index (χ2v) is 7.56. The maximum absolute atomic E-state index is 12.6. The first-order valence-electron chi connectivity index (χ1n) is 9.15. The van der Waals surface area contributed by atoms with Gasteiger partial charge in [0.05, 0.1) is 12.3 Å². The zero-order valence-corrected chi connectivity index (χ0v) is 17.4. The predicted octanol–water partition coefficient (Wildman–Crippen LogP) is 4.23. The summed E-state index contributed by atoms with van der Waals surface area (Å²) in [6.45, 7) is 4.65. The van der Waals surface area contributed by atoms with Gasteiger partial charge >= 0.3 is 0 Å². The number of thioether (sulfide) groups is 1. The van der Waals surface area contributed by atoms with Crippen LogP contribution >= 0.6 is 23.4 Å². The molecule has 1 N–H and O–H groups in total. The molecule has 0 bridgehead atoms. The number of nitrogens with one attached hydrogen (secondary N) is 1. The quantitative estimate of drug-likeness (QED) is 0.557. The number of benzene rings is 2.